The molecule has 11 heteroatoms. The smallest absolute Gasteiger partial charge is 0.726 e. The molecule has 0 aliphatic rings. The zero-order valence-corrected chi connectivity index (χ0v) is 16.3. The van der Waals surface area contributed by atoms with Gasteiger partial charge in [0.1, 0.15) is 12.2 Å². The molecule has 0 aromatic heterocycles. The fourth-order valence-electron chi connectivity index (χ4n) is 1.66. The predicted octanol–water partition coefficient (Wildman–Crippen LogP) is -4.36. The molecule has 0 saturated carbocycles. The van der Waals surface area contributed by atoms with Crippen molar-refractivity contribution in [2.24, 2.45) is 0 Å². The first-order valence-electron chi connectivity index (χ1n) is 7.11. The summed E-state index contributed by atoms with van der Waals surface area (Å²) in [6.07, 6.45) is -0.948. The standard InChI is InChI=1S/C12H25NO8S.Na/c1-2-3-4-5-6-7-13-12(17)11(16)10(15)9(14)8-21-22(18,19)20;/h9-11,14-16H,2-8H2,1H3,(H,13,17)(H,18,19,20);/q;+1/p-1/t9-,10-,11-;/m1./s1. The van der Waals surface area contributed by atoms with E-state index in [-0.39, 0.29) is 29.6 Å². The molecule has 0 heterocycles. The van der Waals surface area contributed by atoms with Crippen LogP contribution in [0.15, 0.2) is 0 Å². The van der Waals surface area contributed by atoms with Gasteiger partial charge in [0.2, 0.25) is 10.4 Å². The third kappa shape index (κ3) is 13.2. The number of amides is 1. The zero-order valence-electron chi connectivity index (χ0n) is 13.5. The molecule has 0 aliphatic heterocycles. The number of hydrogen-bond donors (Lipinski definition) is 4. The van der Waals surface area contributed by atoms with E-state index >= 15 is 0 Å². The van der Waals surface area contributed by atoms with Crippen LogP contribution in [0.2, 0.25) is 0 Å². The third-order valence-electron chi connectivity index (χ3n) is 2.95. The quantitative estimate of drug-likeness (QED) is 0.117. The number of aliphatic hydroxyl groups excluding tert-OH is 3. The van der Waals surface area contributed by atoms with Crippen LogP contribution in [0.1, 0.15) is 39.0 Å². The van der Waals surface area contributed by atoms with E-state index < -0.39 is 41.2 Å². The Labute approximate surface area is 158 Å². The Bertz CT molecular complexity index is 419. The van der Waals surface area contributed by atoms with Crippen molar-refractivity contribution in [1.82, 2.24) is 5.32 Å². The number of carbonyl (C=O) groups is 1. The Hall–Kier alpha value is 0.220. The maximum atomic E-state index is 11.5. The summed E-state index contributed by atoms with van der Waals surface area (Å²) in [6.45, 7) is 1.34. The fraction of sp³-hybridized carbons (Fsp3) is 0.917. The van der Waals surface area contributed by atoms with Crippen molar-refractivity contribution in [2.75, 3.05) is 13.2 Å². The number of nitrogens with one attached hydrogen (secondary N) is 1. The second-order valence-electron chi connectivity index (χ2n) is 4.90. The van der Waals surface area contributed by atoms with Gasteiger partial charge in [-0.3, -0.25) is 8.98 Å². The summed E-state index contributed by atoms with van der Waals surface area (Å²) >= 11 is 0. The Morgan fingerprint density at radius 3 is 2.26 bits per heavy atom. The van der Waals surface area contributed by atoms with Crippen molar-refractivity contribution < 1.29 is 66.8 Å². The van der Waals surface area contributed by atoms with Crippen LogP contribution in [0, 0.1) is 0 Å². The fourth-order valence-corrected chi connectivity index (χ4v) is 1.97. The van der Waals surface area contributed by atoms with Crippen molar-refractivity contribution in [3.63, 3.8) is 0 Å². The van der Waals surface area contributed by atoms with Crippen LogP contribution in [-0.2, 0) is 19.4 Å². The van der Waals surface area contributed by atoms with Gasteiger partial charge in [-0.25, -0.2) is 8.42 Å². The molecular weight excluding hydrogens is 341 g/mol. The summed E-state index contributed by atoms with van der Waals surface area (Å²) in [5, 5.41) is 30.7. The molecule has 9 nitrogen and oxygen atoms in total. The molecule has 132 valence electrons. The number of aliphatic hydroxyl groups is 3. The molecule has 0 unspecified atom stereocenters. The molecule has 0 spiro atoms. The van der Waals surface area contributed by atoms with E-state index in [4.69, 9.17) is 0 Å². The maximum absolute atomic E-state index is 11.5. The zero-order chi connectivity index (χ0) is 17.2. The second-order valence-corrected chi connectivity index (χ2v) is 5.95. The predicted molar refractivity (Wildman–Crippen MR) is 75.4 cm³/mol. The summed E-state index contributed by atoms with van der Waals surface area (Å²) in [5.41, 5.74) is 0. The Morgan fingerprint density at radius 2 is 1.74 bits per heavy atom. The van der Waals surface area contributed by atoms with Gasteiger partial charge in [0.05, 0.1) is 6.61 Å². The molecule has 4 N–H and O–H groups in total. The Kier molecular flexibility index (Phi) is 14.9. The van der Waals surface area contributed by atoms with E-state index in [0.717, 1.165) is 25.7 Å². The minimum atomic E-state index is -5.03. The van der Waals surface area contributed by atoms with Crippen LogP contribution in [0.25, 0.3) is 0 Å². The maximum Gasteiger partial charge on any atom is 1.00 e. The molecule has 23 heavy (non-hydrogen) atoms. The van der Waals surface area contributed by atoms with E-state index in [1.165, 1.54) is 0 Å². The van der Waals surface area contributed by atoms with Crippen LogP contribution in [0.3, 0.4) is 0 Å². The summed E-state index contributed by atoms with van der Waals surface area (Å²) in [6, 6.07) is 0. The topological polar surface area (TPSA) is 156 Å². The number of carbonyl (C=O) groups excluding carboxylic acids is 1. The van der Waals surface area contributed by atoms with Gasteiger partial charge in [0.25, 0.3) is 5.91 Å². The molecular formula is C12H24NNaO8S. The molecule has 1 amide bonds. The van der Waals surface area contributed by atoms with Crippen LogP contribution in [0.4, 0.5) is 0 Å². The van der Waals surface area contributed by atoms with Gasteiger partial charge in [-0.15, -0.1) is 0 Å². The normalized spacial score (nSPS) is 15.3. The van der Waals surface area contributed by atoms with Crippen LogP contribution in [0.5, 0.6) is 0 Å². The van der Waals surface area contributed by atoms with Gasteiger partial charge in [0, 0.05) is 6.54 Å². The van der Waals surface area contributed by atoms with Crippen molar-refractivity contribution in [3.8, 4) is 0 Å². The first-order chi connectivity index (χ1) is 10.2. The monoisotopic (exact) mass is 365 g/mol. The molecule has 0 saturated heterocycles. The van der Waals surface area contributed by atoms with Crippen molar-refractivity contribution in [1.29, 1.82) is 0 Å². The molecule has 0 aromatic carbocycles. The van der Waals surface area contributed by atoms with Gasteiger partial charge in [-0.2, -0.15) is 0 Å². The summed E-state index contributed by atoms with van der Waals surface area (Å²) in [7, 11) is -5.03. The van der Waals surface area contributed by atoms with Crippen molar-refractivity contribution in [2.45, 2.75) is 57.3 Å². The second kappa shape index (κ2) is 13.5. The van der Waals surface area contributed by atoms with Crippen LogP contribution < -0.4 is 34.9 Å². The van der Waals surface area contributed by atoms with Gasteiger partial charge in [0.15, 0.2) is 6.10 Å². The van der Waals surface area contributed by atoms with E-state index in [9.17, 15) is 33.1 Å². The molecule has 3 atom stereocenters. The van der Waals surface area contributed by atoms with E-state index in [1.807, 2.05) is 0 Å². The van der Waals surface area contributed by atoms with Crippen molar-refractivity contribution >= 4 is 16.3 Å². The molecule has 0 bridgehead atoms. The molecule has 0 rings (SSSR count). The SMILES string of the molecule is CCCCCCCNC(=O)[C@H](O)[C@H](O)[C@H](O)COS(=O)(=O)[O-].[Na+]. The van der Waals surface area contributed by atoms with Crippen LogP contribution in [-0.4, -0.2) is 65.7 Å². The molecule has 0 aromatic rings. The Morgan fingerprint density at radius 1 is 1.17 bits per heavy atom. The van der Waals surface area contributed by atoms with Gasteiger partial charge in [-0.05, 0) is 6.42 Å². The summed E-state index contributed by atoms with van der Waals surface area (Å²) in [4.78, 5) is 11.5. The molecule has 0 aliphatic carbocycles. The number of hydrogen-bond acceptors (Lipinski definition) is 8. The minimum Gasteiger partial charge on any atom is -0.726 e. The minimum absolute atomic E-state index is 0. The van der Waals surface area contributed by atoms with Gasteiger partial charge < -0.3 is 25.2 Å². The summed E-state index contributed by atoms with van der Waals surface area (Å²) < 4.78 is 34.3. The molecule has 0 radical (unpaired) electrons. The van der Waals surface area contributed by atoms with Gasteiger partial charge >= 0.3 is 29.6 Å². The summed E-state index contributed by atoms with van der Waals surface area (Å²) in [5.74, 6) is -0.896. The number of unbranched alkanes of at least 4 members (excludes halogenated alkanes) is 4. The Balaban J connectivity index is 0. The van der Waals surface area contributed by atoms with Crippen molar-refractivity contribution in [3.05, 3.63) is 0 Å². The first-order valence-corrected chi connectivity index (χ1v) is 8.44. The number of rotatable bonds is 12. The first kappa shape index (κ1) is 25.5. The van der Waals surface area contributed by atoms with Gasteiger partial charge in [-0.1, -0.05) is 32.6 Å². The largest absolute Gasteiger partial charge is 1.00 e. The molecule has 0 fully saturated rings. The van der Waals surface area contributed by atoms with E-state index in [2.05, 4.69) is 16.4 Å². The third-order valence-corrected chi connectivity index (χ3v) is 3.37. The average Bonchev–Trinajstić information content (AvgIpc) is 2.45. The van der Waals surface area contributed by atoms with E-state index in [1.54, 1.807) is 0 Å². The average molecular weight is 365 g/mol. The van der Waals surface area contributed by atoms with E-state index in [0.29, 0.717) is 13.0 Å². The van der Waals surface area contributed by atoms with Crippen LogP contribution >= 0.6 is 0 Å².